The van der Waals surface area contributed by atoms with Crippen LogP contribution in [0.4, 0.5) is 11.5 Å². The van der Waals surface area contributed by atoms with Gasteiger partial charge in [0.2, 0.25) is 5.88 Å². The van der Waals surface area contributed by atoms with E-state index >= 15 is 0 Å². The van der Waals surface area contributed by atoms with E-state index < -0.39 is 0 Å². The fourth-order valence-corrected chi connectivity index (χ4v) is 5.15. The van der Waals surface area contributed by atoms with Crippen LogP contribution in [0.2, 0.25) is 0 Å². The van der Waals surface area contributed by atoms with E-state index in [9.17, 15) is 9.90 Å². The Bertz CT molecular complexity index is 1190. The molecule has 0 unspecified atom stereocenters. The largest absolute Gasteiger partial charge is 0.494 e. The minimum Gasteiger partial charge on any atom is -0.494 e. The standard InChI is InChI=1S/C24H26BrN5O2/c25-16-3-5-19-20(13-16)21(24(32)28-23(19)31)15-26-17-4-6-22(27-14-17)30-11-7-18(8-12-30)29-9-1-2-10-29/h3-6,13-15,18H,1-2,7-12H2,(H2,28,31,32). The number of hydrogen-bond acceptors (Lipinski definition) is 6. The third-order valence-electron chi connectivity index (χ3n) is 6.52. The molecule has 0 radical (unpaired) electrons. The smallest absolute Gasteiger partial charge is 0.258 e. The Kier molecular flexibility index (Phi) is 5.97. The molecule has 2 aliphatic rings. The van der Waals surface area contributed by atoms with E-state index in [0.717, 1.165) is 29.4 Å². The Labute approximate surface area is 194 Å². The van der Waals surface area contributed by atoms with Crippen LogP contribution in [-0.4, -0.2) is 58.4 Å². The van der Waals surface area contributed by atoms with Crippen molar-refractivity contribution in [2.45, 2.75) is 31.7 Å². The lowest BCUT2D eigenvalue weighted by atomic mass is 10.0. The molecule has 7 nitrogen and oxygen atoms in total. The van der Waals surface area contributed by atoms with Crippen LogP contribution in [0.1, 0.15) is 31.2 Å². The first-order valence-electron chi connectivity index (χ1n) is 11.1. The Morgan fingerprint density at radius 3 is 2.59 bits per heavy atom. The molecule has 32 heavy (non-hydrogen) atoms. The Morgan fingerprint density at radius 2 is 1.88 bits per heavy atom. The van der Waals surface area contributed by atoms with Gasteiger partial charge in [0.25, 0.3) is 5.56 Å². The number of aromatic amines is 1. The summed E-state index contributed by atoms with van der Waals surface area (Å²) in [5.41, 5.74) is 0.824. The molecule has 0 bridgehead atoms. The van der Waals surface area contributed by atoms with Crippen molar-refractivity contribution in [1.82, 2.24) is 14.9 Å². The molecule has 0 amide bonds. The van der Waals surface area contributed by atoms with Gasteiger partial charge in [-0.2, -0.15) is 0 Å². The van der Waals surface area contributed by atoms with Gasteiger partial charge in [-0.25, -0.2) is 4.98 Å². The molecule has 0 spiro atoms. The van der Waals surface area contributed by atoms with Crippen LogP contribution in [0.25, 0.3) is 10.8 Å². The van der Waals surface area contributed by atoms with Gasteiger partial charge in [0.1, 0.15) is 5.82 Å². The Morgan fingerprint density at radius 1 is 1.09 bits per heavy atom. The van der Waals surface area contributed by atoms with Crippen LogP contribution in [-0.2, 0) is 0 Å². The number of H-pyrrole nitrogens is 1. The van der Waals surface area contributed by atoms with Gasteiger partial charge in [0.15, 0.2) is 0 Å². The number of benzene rings is 1. The summed E-state index contributed by atoms with van der Waals surface area (Å²) in [7, 11) is 0. The number of halogens is 1. The van der Waals surface area contributed by atoms with Crippen LogP contribution >= 0.6 is 15.9 Å². The predicted molar refractivity (Wildman–Crippen MR) is 131 cm³/mol. The highest BCUT2D eigenvalue weighted by atomic mass is 79.9. The molecule has 166 valence electrons. The van der Waals surface area contributed by atoms with Crippen molar-refractivity contribution >= 4 is 44.4 Å². The molecule has 2 saturated heterocycles. The summed E-state index contributed by atoms with van der Waals surface area (Å²) in [4.78, 5) is 28.7. The van der Waals surface area contributed by atoms with Gasteiger partial charge in [0.05, 0.1) is 17.4 Å². The van der Waals surface area contributed by atoms with Crippen LogP contribution in [0.5, 0.6) is 5.88 Å². The van der Waals surface area contributed by atoms with Crippen molar-refractivity contribution in [3.63, 3.8) is 0 Å². The van der Waals surface area contributed by atoms with E-state index in [4.69, 9.17) is 0 Å². The number of nitrogens with one attached hydrogen (secondary N) is 1. The number of fused-ring (bicyclic) bond motifs is 1. The molecule has 5 rings (SSSR count). The lowest BCUT2D eigenvalue weighted by Crippen LogP contribution is -2.44. The van der Waals surface area contributed by atoms with Crippen molar-refractivity contribution in [2.75, 3.05) is 31.1 Å². The summed E-state index contributed by atoms with van der Waals surface area (Å²) in [6.07, 6.45) is 8.38. The SMILES string of the molecule is O=c1[nH]c(O)c(C=Nc2ccc(N3CCC(N4CCCC4)CC3)nc2)c2cc(Br)ccc12. The third-order valence-corrected chi connectivity index (χ3v) is 7.02. The first-order valence-corrected chi connectivity index (χ1v) is 11.9. The summed E-state index contributed by atoms with van der Waals surface area (Å²) in [6.45, 7) is 4.57. The fourth-order valence-electron chi connectivity index (χ4n) is 4.79. The minimum atomic E-state index is -0.332. The number of anilines is 1. The third kappa shape index (κ3) is 4.29. The molecule has 2 aromatic heterocycles. The summed E-state index contributed by atoms with van der Waals surface area (Å²) in [5.74, 6) is 0.778. The van der Waals surface area contributed by atoms with Crippen molar-refractivity contribution in [3.05, 3.63) is 56.9 Å². The second-order valence-electron chi connectivity index (χ2n) is 8.50. The first-order chi connectivity index (χ1) is 15.6. The van der Waals surface area contributed by atoms with Crippen LogP contribution in [0, 0.1) is 0 Å². The van der Waals surface area contributed by atoms with Crippen molar-refractivity contribution < 1.29 is 5.11 Å². The maximum atomic E-state index is 12.1. The highest BCUT2D eigenvalue weighted by Gasteiger charge is 2.26. The van der Waals surface area contributed by atoms with E-state index in [1.165, 1.54) is 38.8 Å². The second kappa shape index (κ2) is 9.03. The first kappa shape index (κ1) is 21.2. The number of likely N-dealkylation sites (tertiary alicyclic amines) is 1. The van der Waals surface area contributed by atoms with Gasteiger partial charge in [0, 0.05) is 40.6 Å². The Hall–Kier alpha value is -2.71. The lowest BCUT2D eigenvalue weighted by Gasteiger charge is -2.37. The summed E-state index contributed by atoms with van der Waals surface area (Å²) in [5, 5.41) is 11.4. The van der Waals surface area contributed by atoms with Crippen molar-refractivity contribution in [2.24, 2.45) is 4.99 Å². The quantitative estimate of drug-likeness (QED) is 0.529. The second-order valence-corrected chi connectivity index (χ2v) is 9.42. The number of aromatic nitrogens is 2. The zero-order chi connectivity index (χ0) is 22.1. The molecule has 1 aromatic carbocycles. The van der Waals surface area contributed by atoms with Gasteiger partial charge in [-0.15, -0.1) is 0 Å². The van der Waals surface area contributed by atoms with Crippen LogP contribution in [0.3, 0.4) is 0 Å². The molecule has 4 heterocycles. The number of hydrogen-bond donors (Lipinski definition) is 2. The molecule has 0 aliphatic carbocycles. The highest BCUT2D eigenvalue weighted by molar-refractivity contribution is 9.10. The molecule has 8 heteroatoms. The van der Waals surface area contributed by atoms with Gasteiger partial charge in [-0.1, -0.05) is 15.9 Å². The zero-order valence-electron chi connectivity index (χ0n) is 17.8. The van der Waals surface area contributed by atoms with E-state index in [0.29, 0.717) is 22.0 Å². The number of aliphatic imine (C=N–C) groups is 1. The average molecular weight is 496 g/mol. The van der Waals surface area contributed by atoms with Gasteiger partial charge in [-0.05, 0) is 69.1 Å². The van der Waals surface area contributed by atoms with Crippen LogP contribution in [0.15, 0.2) is 50.8 Å². The van der Waals surface area contributed by atoms with Crippen molar-refractivity contribution in [3.8, 4) is 5.88 Å². The fraction of sp³-hybridized carbons (Fsp3) is 0.375. The zero-order valence-corrected chi connectivity index (χ0v) is 19.4. The number of piperidine rings is 1. The van der Waals surface area contributed by atoms with Gasteiger partial charge < -0.3 is 14.9 Å². The molecule has 3 aromatic rings. The van der Waals surface area contributed by atoms with Gasteiger partial charge in [-0.3, -0.25) is 14.8 Å². The molecule has 2 aliphatic heterocycles. The molecule has 0 atom stereocenters. The summed E-state index contributed by atoms with van der Waals surface area (Å²) < 4.78 is 0.823. The molecule has 2 N–H and O–H groups in total. The Balaban J connectivity index is 1.30. The average Bonchev–Trinajstić information content (AvgIpc) is 3.34. The minimum absolute atomic E-state index is 0.199. The molecular formula is C24H26BrN5O2. The predicted octanol–water partition coefficient (Wildman–Crippen LogP) is 4.21. The summed E-state index contributed by atoms with van der Waals surface area (Å²) in [6, 6.07) is 9.98. The van der Waals surface area contributed by atoms with E-state index in [1.807, 2.05) is 12.1 Å². The number of rotatable bonds is 4. The molecule has 0 saturated carbocycles. The maximum absolute atomic E-state index is 12.1. The number of pyridine rings is 2. The topological polar surface area (TPSA) is 84.8 Å². The molecule has 2 fully saturated rings. The highest BCUT2D eigenvalue weighted by Crippen LogP contribution is 2.27. The monoisotopic (exact) mass is 495 g/mol. The number of nitrogens with zero attached hydrogens (tertiary/aromatic N) is 4. The van der Waals surface area contributed by atoms with E-state index in [-0.39, 0.29) is 11.4 Å². The molecular weight excluding hydrogens is 470 g/mol. The summed E-state index contributed by atoms with van der Waals surface area (Å²) >= 11 is 3.42. The lowest BCUT2D eigenvalue weighted by molar-refractivity contribution is 0.207. The maximum Gasteiger partial charge on any atom is 0.258 e. The van der Waals surface area contributed by atoms with Crippen LogP contribution < -0.4 is 10.5 Å². The van der Waals surface area contributed by atoms with E-state index in [2.05, 4.69) is 40.7 Å². The normalized spacial score (nSPS) is 18.2. The van der Waals surface area contributed by atoms with Gasteiger partial charge >= 0.3 is 0 Å². The van der Waals surface area contributed by atoms with E-state index in [1.54, 1.807) is 30.6 Å². The number of aromatic hydroxyl groups is 1. The van der Waals surface area contributed by atoms with Crippen molar-refractivity contribution in [1.29, 1.82) is 0 Å².